The number of hydrogen-bond acceptors (Lipinski definition) is 2. The predicted octanol–water partition coefficient (Wildman–Crippen LogP) is 10.1. The first-order valence-electron chi connectivity index (χ1n) is 14.0. The van der Waals surface area contributed by atoms with Gasteiger partial charge in [0.25, 0.3) is 0 Å². The van der Waals surface area contributed by atoms with E-state index in [9.17, 15) is 0 Å². The minimum Gasteiger partial charge on any atom is -0.245 e. The molecule has 6 aromatic rings. The molecular weight excluding hydrogens is 484 g/mol. The zero-order valence-corrected chi connectivity index (χ0v) is 22.8. The average molecular weight is 515 g/mol. The monoisotopic (exact) mass is 514 g/mol. The molecule has 2 heterocycles. The van der Waals surface area contributed by atoms with Crippen molar-refractivity contribution < 1.29 is 0 Å². The Morgan fingerprint density at radius 3 is 1.70 bits per heavy atom. The van der Waals surface area contributed by atoms with Crippen LogP contribution in [-0.2, 0) is 0 Å². The Kier molecular flexibility index (Phi) is 6.09. The third-order valence-corrected chi connectivity index (χ3v) is 7.88. The summed E-state index contributed by atoms with van der Waals surface area (Å²) in [6, 6.07) is 38.8. The van der Waals surface area contributed by atoms with Crippen LogP contribution in [0.3, 0.4) is 0 Å². The van der Waals surface area contributed by atoms with Gasteiger partial charge in [-0.1, -0.05) is 128 Å². The first kappa shape index (κ1) is 24.2. The van der Waals surface area contributed by atoms with E-state index in [0.717, 1.165) is 45.2 Å². The highest BCUT2D eigenvalue weighted by atomic mass is 14.8. The first-order valence-corrected chi connectivity index (χ1v) is 14.0. The molecular formula is C38H30N2. The van der Waals surface area contributed by atoms with E-state index < -0.39 is 0 Å². The Morgan fingerprint density at radius 2 is 1.15 bits per heavy atom. The van der Waals surface area contributed by atoms with Crippen molar-refractivity contribution >= 4 is 27.4 Å². The fourth-order valence-corrected chi connectivity index (χ4v) is 5.63. The highest BCUT2D eigenvalue weighted by Crippen LogP contribution is 2.39. The number of pyridine rings is 2. The largest absolute Gasteiger partial charge is 0.245 e. The predicted molar refractivity (Wildman–Crippen MR) is 169 cm³/mol. The number of aromatic nitrogens is 2. The van der Waals surface area contributed by atoms with Gasteiger partial charge in [-0.3, -0.25) is 0 Å². The normalized spacial score (nSPS) is 14.9. The van der Waals surface area contributed by atoms with Crippen LogP contribution in [-0.4, -0.2) is 9.97 Å². The quantitative estimate of drug-likeness (QED) is 0.219. The van der Waals surface area contributed by atoms with Crippen molar-refractivity contribution in [1.29, 1.82) is 0 Å². The van der Waals surface area contributed by atoms with Crippen LogP contribution in [0.5, 0.6) is 0 Å². The number of aryl methyl sites for hydroxylation is 1. The summed E-state index contributed by atoms with van der Waals surface area (Å²) in [7, 11) is 0. The van der Waals surface area contributed by atoms with Crippen LogP contribution >= 0.6 is 0 Å². The minimum atomic E-state index is 0.547. The minimum absolute atomic E-state index is 0.547. The molecule has 0 radical (unpaired) electrons. The van der Waals surface area contributed by atoms with Gasteiger partial charge >= 0.3 is 0 Å². The molecule has 0 bridgehead atoms. The molecule has 1 aliphatic rings. The van der Waals surface area contributed by atoms with Crippen molar-refractivity contribution in [2.75, 3.05) is 0 Å². The fourth-order valence-electron chi connectivity index (χ4n) is 5.63. The van der Waals surface area contributed by atoms with E-state index in [0.29, 0.717) is 5.92 Å². The molecule has 192 valence electrons. The van der Waals surface area contributed by atoms with E-state index >= 15 is 0 Å². The van der Waals surface area contributed by atoms with Crippen molar-refractivity contribution in [2.45, 2.75) is 20.3 Å². The molecule has 0 saturated carbocycles. The summed E-state index contributed by atoms with van der Waals surface area (Å²) in [5.41, 5.74) is 12.0. The average Bonchev–Trinajstić information content (AvgIpc) is 3.01. The van der Waals surface area contributed by atoms with Gasteiger partial charge in [0, 0.05) is 16.3 Å². The molecule has 0 saturated heterocycles. The standard InChI is InChI=1S/C38H30N2/c1-25-13-17-29(18-14-25)35-23-33(27-9-5-3-6-10-27)31-21-22-32-34(28-11-7-4-8-12-28)24-36(40-38(32)37(31)39-35)30-19-15-26(2)16-20-30/h3-15,17-24,26H,16H2,1-2H3. The number of rotatable bonds is 4. The van der Waals surface area contributed by atoms with Crippen LogP contribution in [0.4, 0.5) is 0 Å². The smallest absolute Gasteiger partial charge is 0.0978 e. The Balaban J connectivity index is 1.58. The maximum absolute atomic E-state index is 5.34. The van der Waals surface area contributed by atoms with E-state index in [4.69, 9.17) is 9.97 Å². The summed E-state index contributed by atoms with van der Waals surface area (Å²) >= 11 is 0. The Bertz CT molecular complexity index is 1920. The molecule has 0 N–H and O–H groups in total. The van der Waals surface area contributed by atoms with E-state index in [-0.39, 0.29) is 0 Å². The summed E-state index contributed by atoms with van der Waals surface area (Å²) in [6.45, 7) is 4.37. The molecule has 1 unspecified atom stereocenters. The molecule has 2 aromatic heterocycles. The molecule has 0 aliphatic heterocycles. The van der Waals surface area contributed by atoms with Gasteiger partial charge in [-0.15, -0.1) is 0 Å². The number of benzene rings is 4. The van der Waals surface area contributed by atoms with Crippen molar-refractivity contribution in [3.63, 3.8) is 0 Å². The van der Waals surface area contributed by atoms with E-state index in [1.807, 2.05) is 0 Å². The molecule has 1 atom stereocenters. The summed E-state index contributed by atoms with van der Waals surface area (Å²) in [5.74, 6) is 0.547. The van der Waals surface area contributed by atoms with Crippen molar-refractivity contribution in [3.8, 4) is 33.5 Å². The molecule has 4 aromatic carbocycles. The molecule has 0 fully saturated rings. The van der Waals surface area contributed by atoms with Crippen molar-refractivity contribution in [3.05, 3.63) is 139 Å². The third kappa shape index (κ3) is 4.42. The SMILES string of the molecule is Cc1ccc(-c2cc(-c3ccccc3)c3ccc4c(-c5ccccc5)cc(C5=CCC(C)C=C5)nc4c3n2)cc1. The molecule has 0 spiro atoms. The zero-order chi connectivity index (χ0) is 27.1. The molecule has 2 heteroatoms. The van der Waals surface area contributed by atoms with Gasteiger partial charge in [-0.05, 0) is 59.2 Å². The van der Waals surface area contributed by atoms with Gasteiger partial charge in [0.2, 0.25) is 0 Å². The number of allylic oxidation sites excluding steroid dienone is 4. The highest BCUT2D eigenvalue weighted by molar-refractivity contribution is 6.13. The van der Waals surface area contributed by atoms with Gasteiger partial charge in [0.05, 0.1) is 22.4 Å². The molecule has 0 amide bonds. The van der Waals surface area contributed by atoms with Gasteiger partial charge in [-0.2, -0.15) is 0 Å². The molecule has 1 aliphatic carbocycles. The highest BCUT2D eigenvalue weighted by Gasteiger charge is 2.18. The van der Waals surface area contributed by atoms with E-state index in [1.165, 1.54) is 33.4 Å². The Hall–Kier alpha value is -4.82. The molecule has 7 rings (SSSR count). The summed E-state index contributed by atoms with van der Waals surface area (Å²) in [4.78, 5) is 10.7. The summed E-state index contributed by atoms with van der Waals surface area (Å²) in [5, 5.41) is 2.23. The van der Waals surface area contributed by atoms with E-state index in [1.54, 1.807) is 0 Å². The van der Waals surface area contributed by atoms with Crippen LogP contribution in [0.1, 0.15) is 24.6 Å². The maximum Gasteiger partial charge on any atom is 0.0978 e. The number of fused-ring (bicyclic) bond motifs is 3. The topological polar surface area (TPSA) is 25.8 Å². The lowest BCUT2D eigenvalue weighted by Gasteiger charge is -2.17. The second-order valence-corrected chi connectivity index (χ2v) is 10.8. The van der Waals surface area contributed by atoms with Gasteiger partial charge < -0.3 is 0 Å². The lowest BCUT2D eigenvalue weighted by atomic mass is 9.92. The Labute approximate surface area is 235 Å². The van der Waals surface area contributed by atoms with Crippen molar-refractivity contribution in [2.24, 2.45) is 5.92 Å². The van der Waals surface area contributed by atoms with Crippen LogP contribution in [0, 0.1) is 12.8 Å². The number of nitrogens with zero attached hydrogens (tertiary/aromatic N) is 2. The van der Waals surface area contributed by atoms with Gasteiger partial charge in [-0.25, -0.2) is 9.97 Å². The third-order valence-electron chi connectivity index (χ3n) is 7.88. The van der Waals surface area contributed by atoms with Crippen molar-refractivity contribution in [1.82, 2.24) is 9.97 Å². The fraction of sp³-hybridized carbons (Fsp3) is 0.105. The Morgan fingerprint density at radius 1 is 0.600 bits per heavy atom. The lowest BCUT2D eigenvalue weighted by Crippen LogP contribution is -1.99. The summed E-state index contributed by atoms with van der Waals surface area (Å²) < 4.78 is 0. The lowest BCUT2D eigenvalue weighted by molar-refractivity contribution is 0.739. The maximum atomic E-state index is 5.34. The van der Waals surface area contributed by atoms with Gasteiger partial charge in [0.1, 0.15) is 0 Å². The summed E-state index contributed by atoms with van der Waals surface area (Å²) in [6.07, 6.45) is 7.85. The van der Waals surface area contributed by atoms with Crippen LogP contribution < -0.4 is 0 Å². The number of hydrogen-bond donors (Lipinski definition) is 0. The second kappa shape index (κ2) is 10.1. The van der Waals surface area contributed by atoms with Crippen LogP contribution in [0.15, 0.2) is 127 Å². The first-order chi connectivity index (χ1) is 19.6. The van der Waals surface area contributed by atoms with E-state index in [2.05, 4.69) is 141 Å². The second-order valence-electron chi connectivity index (χ2n) is 10.8. The zero-order valence-electron chi connectivity index (χ0n) is 22.8. The van der Waals surface area contributed by atoms with Crippen LogP contribution in [0.2, 0.25) is 0 Å². The van der Waals surface area contributed by atoms with Crippen LogP contribution in [0.25, 0.3) is 60.9 Å². The van der Waals surface area contributed by atoms with Gasteiger partial charge in [0.15, 0.2) is 0 Å². The molecule has 2 nitrogen and oxygen atoms in total. The molecule has 40 heavy (non-hydrogen) atoms.